The molecule has 0 rings (SSSR count). The standard InChI is InChI=1S/C5H7I3O2/c1-3(6)5(7,8)4(9)10-2/h3H,1-2H3. The second kappa shape index (κ2) is 4.63. The number of rotatable bonds is 2. The highest BCUT2D eigenvalue weighted by Crippen LogP contribution is 2.36. The van der Waals surface area contributed by atoms with E-state index in [1.54, 1.807) is 0 Å². The number of hydrogen-bond acceptors (Lipinski definition) is 2. The van der Waals surface area contributed by atoms with Crippen LogP contribution in [0.2, 0.25) is 0 Å². The minimum atomic E-state index is -0.426. The predicted octanol–water partition coefficient (Wildman–Crippen LogP) is 2.55. The van der Waals surface area contributed by atoms with Gasteiger partial charge < -0.3 is 4.74 Å². The first-order valence-electron chi connectivity index (χ1n) is 2.53. The molecule has 10 heavy (non-hydrogen) atoms. The lowest BCUT2D eigenvalue weighted by Crippen LogP contribution is -2.33. The summed E-state index contributed by atoms with van der Waals surface area (Å²) >= 11 is 6.40. The second-order valence-corrected chi connectivity index (χ2v) is 9.07. The Labute approximate surface area is 101 Å². The molecule has 0 fully saturated rings. The highest BCUT2D eigenvalue weighted by molar-refractivity contribution is 14.2. The van der Waals surface area contributed by atoms with Gasteiger partial charge in [-0.2, -0.15) is 0 Å². The number of methoxy groups -OCH3 is 1. The monoisotopic (exact) mass is 480 g/mol. The topological polar surface area (TPSA) is 26.3 Å². The van der Waals surface area contributed by atoms with Crippen LogP contribution < -0.4 is 0 Å². The van der Waals surface area contributed by atoms with Gasteiger partial charge in [0, 0.05) is 3.92 Å². The Bertz CT molecular complexity index is 133. The van der Waals surface area contributed by atoms with Crippen molar-refractivity contribution in [3.05, 3.63) is 0 Å². The van der Waals surface area contributed by atoms with Gasteiger partial charge >= 0.3 is 5.97 Å². The summed E-state index contributed by atoms with van der Waals surface area (Å²) < 4.78 is 4.45. The molecule has 5 heteroatoms. The maximum absolute atomic E-state index is 11.0. The lowest BCUT2D eigenvalue weighted by Gasteiger charge is -2.19. The lowest BCUT2D eigenvalue weighted by atomic mass is 10.3. The van der Waals surface area contributed by atoms with E-state index in [9.17, 15) is 4.79 Å². The van der Waals surface area contributed by atoms with Crippen LogP contribution in [-0.2, 0) is 9.53 Å². The van der Waals surface area contributed by atoms with Crippen LogP contribution in [0.1, 0.15) is 6.92 Å². The zero-order valence-corrected chi connectivity index (χ0v) is 12.0. The Balaban J connectivity index is 4.24. The number of alkyl halides is 3. The van der Waals surface area contributed by atoms with Crippen LogP contribution in [0.25, 0.3) is 0 Å². The smallest absolute Gasteiger partial charge is 0.332 e. The molecule has 0 aliphatic heterocycles. The minimum Gasteiger partial charge on any atom is -0.467 e. The molecule has 0 bridgehead atoms. The first-order valence-corrected chi connectivity index (χ1v) is 5.93. The summed E-state index contributed by atoms with van der Waals surface area (Å²) in [6.07, 6.45) is 0. The third-order valence-electron chi connectivity index (χ3n) is 0.957. The summed E-state index contributed by atoms with van der Waals surface area (Å²) in [4.78, 5) is 11.0. The highest BCUT2D eigenvalue weighted by Gasteiger charge is 2.37. The molecule has 0 aliphatic carbocycles. The molecule has 0 spiro atoms. The number of ether oxygens (including phenoxy) is 1. The van der Waals surface area contributed by atoms with Crippen molar-refractivity contribution in [2.45, 2.75) is 12.3 Å². The SMILES string of the molecule is COC(=O)C(I)(I)C(C)I. The number of carbonyl (C=O) groups excluding carboxylic acids is 1. The minimum absolute atomic E-state index is 0.171. The molecule has 1 unspecified atom stereocenters. The average molecular weight is 480 g/mol. The maximum Gasteiger partial charge on any atom is 0.332 e. The molecule has 0 heterocycles. The van der Waals surface area contributed by atoms with Gasteiger partial charge in [-0.05, 0) is 0 Å². The molecule has 0 radical (unpaired) electrons. The van der Waals surface area contributed by atoms with Gasteiger partial charge in [0.1, 0.15) is 0 Å². The van der Waals surface area contributed by atoms with Crippen LogP contribution in [-0.4, -0.2) is 18.4 Å². The van der Waals surface area contributed by atoms with Crippen molar-refractivity contribution in [2.24, 2.45) is 0 Å². The summed E-state index contributed by atoms with van der Waals surface area (Å²) in [5.41, 5.74) is 0. The Hall–Kier alpha value is 1.66. The fourth-order valence-corrected chi connectivity index (χ4v) is 0.993. The zero-order chi connectivity index (χ0) is 8.36. The van der Waals surface area contributed by atoms with Crippen LogP contribution in [0, 0.1) is 0 Å². The molecular weight excluding hydrogens is 473 g/mol. The fraction of sp³-hybridized carbons (Fsp3) is 0.800. The normalized spacial score (nSPS) is 14.5. The lowest BCUT2D eigenvalue weighted by molar-refractivity contribution is -0.139. The second-order valence-electron chi connectivity index (χ2n) is 1.73. The van der Waals surface area contributed by atoms with Gasteiger partial charge in [-0.1, -0.05) is 74.7 Å². The molecule has 1 atom stereocenters. The van der Waals surface area contributed by atoms with Crippen molar-refractivity contribution in [2.75, 3.05) is 7.11 Å². The van der Waals surface area contributed by atoms with Crippen LogP contribution in [0.15, 0.2) is 0 Å². The Kier molecular flexibility index (Phi) is 5.40. The Morgan fingerprint density at radius 3 is 2.10 bits per heavy atom. The van der Waals surface area contributed by atoms with Crippen molar-refractivity contribution < 1.29 is 9.53 Å². The zero-order valence-electron chi connectivity index (χ0n) is 5.53. The third kappa shape index (κ3) is 2.95. The largest absolute Gasteiger partial charge is 0.467 e. The molecule has 2 nitrogen and oxygen atoms in total. The van der Waals surface area contributed by atoms with E-state index in [4.69, 9.17) is 0 Å². The maximum atomic E-state index is 11.0. The van der Waals surface area contributed by atoms with Crippen LogP contribution in [0.4, 0.5) is 0 Å². The predicted molar refractivity (Wildman–Crippen MR) is 66.3 cm³/mol. The molecule has 0 amide bonds. The van der Waals surface area contributed by atoms with E-state index in [1.165, 1.54) is 7.11 Å². The number of hydrogen-bond donors (Lipinski definition) is 0. The highest BCUT2D eigenvalue weighted by atomic mass is 127. The van der Waals surface area contributed by atoms with Gasteiger partial charge in [-0.3, -0.25) is 0 Å². The van der Waals surface area contributed by atoms with E-state index < -0.39 is 1.43 Å². The molecule has 0 aliphatic rings. The number of halogens is 3. The van der Waals surface area contributed by atoms with E-state index in [0.717, 1.165) is 0 Å². The van der Waals surface area contributed by atoms with E-state index >= 15 is 0 Å². The number of esters is 1. The number of carbonyl (C=O) groups is 1. The van der Waals surface area contributed by atoms with Crippen molar-refractivity contribution in [1.29, 1.82) is 0 Å². The van der Waals surface area contributed by atoms with Crippen molar-refractivity contribution >= 4 is 73.7 Å². The average Bonchev–Trinajstić information content (AvgIpc) is 1.86. The van der Waals surface area contributed by atoms with Crippen molar-refractivity contribution in [3.8, 4) is 0 Å². The molecule has 0 saturated carbocycles. The van der Waals surface area contributed by atoms with Gasteiger partial charge in [0.25, 0.3) is 0 Å². The van der Waals surface area contributed by atoms with Gasteiger partial charge in [0.05, 0.1) is 7.11 Å². The molecule has 0 saturated heterocycles. The van der Waals surface area contributed by atoms with E-state index in [-0.39, 0.29) is 9.89 Å². The van der Waals surface area contributed by atoms with Crippen LogP contribution in [0.3, 0.4) is 0 Å². The Morgan fingerprint density at radius 2 is 2.00 bits per heavy atom. The van der Waals surface area contributed by atoms with Gasteiger partial charge in [0.15, 0.2) is 1.43 Å². The van der Waals surface area contributed by atoms with Crippen molar-refractivity contribution in [1.82, 2.24) is 0 Å². The van der Waals surface area contributed by atoms with Gasteiger partial charge in [0.2, 0.25) is 0 Å². The summed E-state index contributed by atoms with van der Waals surface area (Å²) in [5, 5.41) is 0. The molecule has 0 aromatic rings. The van der Waals surface area contributed by atoms with Gasteiger partial charge in [-0.25, -0.2) is 4.79 Å². The van der Waals surface area contributed by atoms with Crippen LogP contribution >= 0.6 is 67.8 Å². The summed E-state index contributed by atoms with van der Waals surface area (Å²) in [5.74, 6) is -0.171. The first-order chi connectivity index (χ1) is 4.42. The fourth-order valence-electron chi connectivity index (χ4n) is 0.298. The summed E-state index contributed by atoms with van der Waals surface area (Å²) in [6.45, 7) is 1.98. The quantitative estimate of drug-likeness (QED) is 0.346. The third-order valence-corrected chi connectivity index (χ3v) is 7.02. The van der Waals surface area contributed by atoms with Gasteiger partial charge in [-0.15, -0.1) is 0 Å². The first kappa shape index (κ1) is 11.7. The molecule has 0 aromatic carbocycles. The molecule has 0 aromatic heterocycles. The molecule has 60 valence electrons. The van der Waals surface area contributed by atoms with Crippen LogP contribution in [0.5, 0.6) is 0 Å². The van der Waals surface area contributed by atoms with E-state index in [1.807, 2.05) is 6.92 Å². The summed E-state index contributed by atoms with van der Waals surface area (Å²) in [7, 11) is 1.41. The van der Waals surface area contributed by atoms with E-state index in [0.29, 0.717) is 0 Å². The molecular formula is C5H7I3O2. The Morgan fingerprint density at radius 1 is 1.60 bits per heavy atom. The summed E-state index contributed by atoms with van der Waals surface area (Å²) in [6, 6.07) is 0. The van der Waals surface area contributed by atoms with Crippen molar-refractivity contribution in [3.63, 3.8) is 0 Å². The molecule has 0 N–H and O–H groups in total. The van der Waals surface area contributed by atoms with E-state index in [2.05, 4.69) is 72.5 Å².